The van der Waals surface area contributed by atoms with Crippen LogP contribution in [0.3, 0.4) is 0 Å². The molecule has 100 valence electrons. The largest absolute Gasteiger partial charge is 0.264 e. The molecule has 1 aromatic carbocycles. The van der Waals surface area contributed by atoms with Gasteiger partial charge in [-0.05, 0) is 34.2 Å². The van der Waals surface area contributed by atoms with Crippen LogP contribution in [-0.4, -0.2) is 25.2 Å². The maximum absolute atomic E-state index is 6.20. The normalized spacial score (nSPS) is 10.7. The van der Waals surface area contributed by atoms with Gasteiger partial charge in [-0.1, -0.05) is 35.3 Å². The molecule has 3 rings (SSSR count). The quantitative estimate of drug-likeness (QED) is 0.746. The summed E-state index contributed by atoms with van der Waals surface area (Å²) in [4.78, 5) is 4.07. The number of tetrazole rings is 1. The van der Waals surface area contributed by atoms with Gasteiger partial charge in [-0.2, -0.15) is 4.68 Å². The molecule has 0 aliphatic rings. The molecule has 0 aliphatic heterocycles. The van der Waals surface area contributed by atoms with Crippen LogP contribution in [0.4, 0.5) is 0 Å². The second-order valence-corrected chi connectivity index (χ2v) is 4.90. The summed E-state index contributed by atoms with van der Waals surface area (Å²) in [5, 5.41) is 12.6. The molecule has 0 amide bonds. The van der Waals surface area contributed by atoms with Gasteiger partial charge >= 0.3 is 0 Å². The Kier molecular flexibility index (Phi) is 3.62. The molecule has 2 heterocycles. The zero-order chi connectivity index (χ0) is 13.9. The van der Waals surface area contributed by atoms with Crippen LogP contribution in [0.5, 0.6) is 0 Å². The number of pyridine rings is 1. The minimum absolute atomic E-state index is 0.425. The van der Waals surface area contributed by atoms with Crippen molar-refractivity contribution >= 4 is 23.2 Å². The van der Waals surface area contributed by atoms with E-state index in [0.717, 1.165) is 5.56 Å². The van der Waals surface area contributed by atoms with E-state index in [1.165, 1.54) is 0 Å². The summed E-state index contributed by atoms with van der Waals surface area (Å²) in [5.74, 6) is 0.669. The molecule has 20 heavy (non-hydrogen) atoms. The monoisotopic (exact) mass is 305 g/mol. The molecule has 0 atom stereocenters. The fourth-order valence-electron chi connectivity index (χ4n) is 1.84. The summed E-state index contributed by atoms with van der Waals surface area (Å²) in [6.45, 7) is 0. The van der Waals surface area contributed by atoms with Crippen LogP contribution < -0.4 is 0 Å². The highest BCUT2D eigenvalue weighted by Crippen LogP contribution is 2.28. The van der Waals surface area contributed by atoms with Crippen LogP contribution in [0.25, 0.3) is 5.69 Å². The molecule has 0 spiro atoms. The first-order valence-corrected chi connectivity index (χ1v) is 6.62. The molecule has 2 aromatic heterocycles. The minimum Gasteiger partial charge on any atom is -0.264 e. The maximum atomic E-state index is 6.20. The van der Waals surface area contributed by atoms with Gasteiger partial charge in [-0.15, -0.1) is 5.10 Å². The third-order valence-corrected chi connectivity index (χ3v) is 3.59. The highest BCUT2D eigenvalue weighted by atomic mass is 35.5. The van der Waals surface area contributed by atoms with Crippen LogP contribution in [0.15, 0.2) is 42.7 Å². The third kappa shape index (κ3) is 2.50. The molecule has 0 fully saturated rings. The van der Waals surface area contributed by atoms with Crippen LogP contribution >= 0.6 is 23.2 Å². The van der Waals surface area contributed by atoms with Crippen molar-refractivity contribution in [3.05, 3.63) is 64.2 Å². The number of halogens is 2. The molecule has 0 bridgehead atoms. The summed E-state index contributed by atoms with van der Waals surface area (Å²) < 4.78 is 1.58. The molecule has 5 nitrogen and oxygen atoms in total. The van der Waals surface area contributed by atoms with Crippen molar-refractivity contribution in [1.82, 2.24) is 25.2 Å². The van der Waals surface area contributed by atoms with Gasteiger partial charge in [0, 0.05) is 18.8 Å². The van der Waals surface area contributed by atoms with Gasteiger partial charge in [-0.3, -0.25) is 4.98 Å². The Bertz CT molecular complexity index is 727. The van der Waals surface area contributed by atoms with Gasteiger partial charge in [0.05, 0.1) is 15.7 Å². The van der Waals surface area contributed by atoms with Crippen molar-refractivity contribution in [3.63, 3.8) is 0 Å². The first kappa shape index (κ1) is 13.0. The number of hydrogen-bond donors (Lipinski definition) is 0. The maximum Gasteiger partial charge on any atom is 0.161 e. The predicted octanol–water partition coefficient (Wildman–Crippen LogP) is 2.95. The number of rotatable bonds is 3. The lowest BCUT2D eigenvalue weighted by molar-refractivity contribution is 0.770. The molecule has 0 saturated heterocycles. The number of hydrogen-bond acceptors (Lipinski definition) is 4. The van der Waals surface area contributed by atoms with Crippen molar-refractivity contribution in [1.29, 1.82) is 0 Å². The first-order chi connectivity index (χ1) is 9.75. The molecule has 3 aromatic rings. The van der Waals surface area contributed by atoms with Gasteiger partial charge < -0.3 is 0 Å². The SMILES string of the molecule is Clc1cccc(-n2nnnc2Cc2cccnc2)c1Cl. The fraction of sp³-hybridized carbons (Fsp3) is 0.0769. The lowest BCUT2D eigenvalue weighted by Crippen LogP contribution is -2.05. The third-order valence-electron chi connectivity index (χ3n) is 2.78. The zero-order valence-corrected chi connectivity index (χ0v) is 11.8. The highest BCUT2D eigenvalue weighted by molar-refractivity contribution is 6.43. The van der Waals surface area contributed by atoms with E-state index in [0.29, 0.717) is 28.0 Å². The molecule has 0 saturated carbocycles. The Balaban J connectivity index is 2.00. The van der Waals surface area contributed by atoms with Gasteiger partial charge in [0.2, 0.25) is 0 Å². The van der Waals surface area contributed by atoms with Crippen molar-refractivity contribution in [3.8, 4) is 5.69 Å². The highest BCUT2D eigenvalue weighted by Gasteiger charge is 2.13. The Morgan fingerprint density at radius 2 is 2.00 bits per heavy atom. The van der Waals surface area contributed by atoms with Crippen molar-refractivity contribution < 1.29 is 0 Å². The predicted molar refractivity (Wildman–Crippen MR) is 76.2 cm³/mol. The lowest BCUT2D eigenvalue weighted by Gasteiger charge is -2.07. The molecule has 0 N–H and O–H groups in total. The average Bonchev–Trinajstić information content (AvgIpc) is 2.91. The zero-order valence-electron chi connectivity index (χ0n) is 10.2. The molecule has 0 radical (unpaired) electrons. The summed E-state index contributed by atoms with van der Waals surface area (Å²) in [6.07, 6.45) is 4.06. The topological polar surface area (TPSA) is 56.5 Å². The number of benzene rings is 1. The van der Waals surface area contributed by atoms with Crippen molar-refractivity contribution in [2.75, 3.05) is 0 Å². The Hall–Kier alpha value is -1.98. The fourth-order valence-corrected chi connectivity index (χ4v) is 2.22. The van der Waals surface area contributed by atoms with E-state index in [1.54, 1.807) is 29.2 Å². The van der Waals surface area contributed by atoms with E-state index < -0.39 is 0 Å². The Morgan fingerprint density at radius 1 is 1.10 bits per heavy atom. The summed E-state index contributed by atoms with van der Waals surface area (Å²) in [7, 11) is 0. The number of nitrogens with zero attached hydrogens (tertiary/aromatic N) is 5. The smallest absolute Gasteiger partial charge is 0.161 e. The molecule has 0 unspecified atom stereocenters. The van der Waals surface area contributed by atoms with Gasteiger partial charge in [0.15, 0.2) is 5.82 Å². The summed E-state index contributed by atoms with van der Waals surface area (Å²) in [5.41, 5.74) is 1.67. The van der Waals surface area contributed by atoms with Crippen molar-refractivity contribution in [2.45, 2.75) is 6.42 Å². The molecule has 7 heteroatoms. The molecular weight excluding hydrogens is 297 g/mol. The summed E-state index contributed by atoms with van der Waals surface area (Å²) in [6, 6.07) is 9.18. The Morgan fingerprint density at radius 3 is 2.80 bits per heavy atom. The Labute approximate surface area is 125 Å². The van der Waals surface area contributed by atoms with Crippen LogP contribution in [0.2, 0.25) is 10.0 Å². The van der Waals surface area contributed by atoms with Crippen LogP contribution in [0.1, 0.15) is 11.4 Å². The van der Waals surface area contributed by atoms with E-state index in [2.05, 4.69) is 20.5 Å². The standard InChI is InChI=1S/C13H9Cl2N5/c14-10-4-1-5-11(13(10)15)20-12(17-18-19-20)7-9-3-2-6-16-8-9/h1-6,8H,7H2. The van der Waals surface area contributed by atoms with E-state index in [4.69, 9.17) is 23.2 Å². The lowest BCUT2D eigenvalue weighted by atomic mass is 10.2. The minimum atomic E-state index is 0.425. The second kappa shape index (κ2) is 5.56. The van der Waals surface area contributed by atoms with Gasteiger partial charge in [0.1, 0.15) is 0 Å². The second-order valence-electron chi connectivity index (χ2n) is 4.12. The average molecular weight is 306 g/mol. The molecular formula is C13H9Cl2N5. The van der Waals surface area contributed by atoms with Gasteiger partial charge in [-0.25, -0.2) is 0 Å². The van der Waals surface area contributed by atoms with E-state index in [-0.39, 0.29) is 0 Å². The van der Waals surface area contributed by atoms with Crippen LogP contribution in [-0.2, 0) is 6.42 Å². The van der Waals surface area contributed by atoms with Crippen LogP contribution in [0, 0.1) is 0 Å². The van der Waals surface area contributed by atoms with E-state index in [9.17, 15) is 0 Å². The van der Waals surface area contributed by atoms with E-state index in [1.807, 2.05) is 18.2 Å². The van der Waals surface area contributed by atoms with Gasteiger partial charge in [0.25, 0.3) is 0 Å². The first-order valence-electron chi connectivity index (χ1n) is 5.86. The summed E-state index contributed by atoms with van der Waals surface area (Å²) >= 11 is 12.2. The number of aromatic nitrogens is 5. The van der Waals surface area contributed by atoms with Crippen molar-refractivity contribution in [2.24, 2.45) is 0 Å². The molecule has 0 aliphatic carbocycles. The van der Waals surface area contributed by atoms with E-state index >= 15 is 0 Å².